The number of hydrogen-bond donors (Lipinski definition) is 3. The van der Waals surface area contributed by atoms with Gasteiger partial charge in [-0.2, -0.15) is 0 Å². The largest absolute Gasteiger partial charge is 0.466 e. The Morgan fingerprint density at radius 1 is 0.359 bits per heavy atom. The fraction of sp³-hybridized carbons (Fsp3) is 0.889. The number of carbonyl (C=O) groups is 2. The minimum atomic E-state index is -0.670. The lowest BCUT2D eigenvalue weighted by Gasteiger charge is -2.22. The van der Waals surface area contributed by atoms with E-state index in [-0.39, 0.29) is 18.5 Å². The first-order valence-corrected chi connectivity index (χ1v) is 35.2. The van der Waals surface area contributed by atoms with Gasteiger partial charge in [0.15, 0.2) is 0 Å². The van der Waals surface area contributed by atoms with Gasteiger partial charge in [-0.05, 0) is 83.5 Å². The molecule has 0 aliphatic heterocycles. The van der Waals surface area contributed by atoms with Crippen LogP contribution in [0.1, 0.15) is 386 Å². The van der Waals surface area contributed by atoms with E-state index >= 15 is 0 Å². The molecule has 0 radical (unpaired) electrons. The van der Waals surface area contributed by atoms with Gasteiger partial charge in [-0.3, -0.25) is 9.59 Å². The second-order valence-corrected chi connectivity index (χ2v) is 24.2. The van der Waals surface area contributed by atoms with Crippen molar-refractivity contribution in [2.24, 2.45) is 0 Å². The van der Waals surface area contributed by atoms with Crippen molar-refractivity contribution in [3.05, 3.63) is 36.5 Å². The van der Waals surface area contributed by atoms with E-state index in [9.17, 15) is 19.8 Å². The van der Waals surface area contributed by atoms with Gasteiger partial charge < -0.3 is 20.3 Å². The van der Waals surface area contributed by atoms with Crippen molar-refractivity contribution in [2.75, 3.05) is 13.2 Å². The number of hydrogen-bond acceptors (Lipinski definition) is 5. The Kier molecular flexibility index (Phi) is 65.9. The van der Waals surface area contributed by atoms with Gasteiger partial charge >= 0.3 is 5.97 Å². The number of allylic oxidation sites excluding steroid dienone is 6. The van der Waals surface area contributed by atoms with Crippen molar-refractivity contribution in [3.8, 4) is 0 Å². The summed E-state index contributed by atoms with van der Waals surface area (Å²) in [5.41, 5.74) is 0. The molecule has 0 spiro atoms. The maximum atomic E-state index is 12.5. The Hall–Kier alpha value is -1.92. The summed E-state index contributed by atoms with van der Waals surface area (Å²) in [5.74, 6) is -0.0316. The summed E-state index contributed by atoms with van der Waals surface area (Å²) in [6.45, 7) is 4.97. The molecule has 0 aromatic carbocycles. The molecule has 0 heterocycles. The first kappa shape index (κ1) is 76.1. The molecule has 0 aliphatic carbocycles. The predicted octanol–water partition coefficient (Wildman–Crippen LogP) is 22.7. The zero-order valence-corrected chi connectivity index (χ0v) is 52.7. The molecule has 0 aromatic rings. The van der Waals surface area contributed by atoms with Crippen LogP contribution in [0.4, 0.5) is 0 Å². The number of nitrogens with one attached hydrogen (secondary N) is 1. The van der Waals surface area contributed by atoms with Gasteiger partial charge in [0.2, 0.25) is 5.91 Å². The molecule has 0 rings (SSSR count). The molecule has 0 bridgehead atoms. The smallest absolute Gasteiger partial charge is 0.305 e. The molecular weight excluding hydrogens is 959 g/mol. The zero-order chi connectivity index (χ0) is 56.4. The summed E-state index contributed by atoms with van der Waals surface area (Å²) < 4.78 is 5.49. The predicted molar refractivity (Wildman–Crippen MR) is 343 cm³/mol. The Morgan fingerprint density at radius 2 is 0.641 bits per heavy atom. The van der Waals surface area contributed by atoms with E-state index in [0.717, 1.165) is 51.4 Å². The molecular formula is C72H137NO5. The van der Waals surface area contributed by atoms with Gasteiger partial charge in [0.25, 0.3) is 0 Å². The first-order valence-electron chi connectivity index (χ1n) is 35.2. The van der Waals surface area contributed by atoms with E-state index in [2.05, 4.69) is 55.6 Å². The molecule has 6 heteroatoms. The number of ether oxygens (including phenoxy) is 1. The van der Waals surface area contributed by atoms with Crippen LogP contribution < -0.4 is 5.32 Å². The average molecular weight is 1100 g/mol. The molecule has 460 valence electrons. The van der Waals surface area contributed by atoms with Crippen molar-refractivity contribution in [3.63, 3.8) is 0 Å². The first-order chi connectivity index (χ1) is 38.5. The molecule has 78 heavy (non-hydrogen) atoms. The monoisotopic (exact) mass is 1100 g/mol. The van der Waals surface area contributed by atoms with Crippen LogP contribution >= 0.6 is 0 Å². The van der Waals surface area contributed by atoms with Crippen LogP contribution in [0.5, 0.6) is 0 Å². The number of aliphatic hydroxyl groups is 2. The van der Waals surface area contributed by atoms with Gasteiger partial charge in [-0.25, -0.2) is 0 Å². The normalized spacial score (nSPS) is 12.7. The second kappa shape index (κ2) is 67.6. The van der Waals surface area contributed by atoms with Crippen molar-refractivity contribution >= 4 is 11.9 Å². The topological polar surface area (TPSA) is 95.9 Å². The fourth-order valence-corrected chi connectivity index (χ4v) is 11.0. The van der Waals surface area contributed by atoms with Crippen molar-refractivity contribution in [2.45, 2.75) is 398 Å². The molecule has 6 nitrogen and oxygen atoms in total. The number of rotatable bonds is 66. The lowest BCUT2D eigenvalue weighted by Crippen LogP contribution is -2.45. The van der Waals surface area contributed by atoms with Crippen molar-refractivity contribution in [1.82, 2.24) is 5.32 Å². The average Bonchev–Trinajstić information content (AvgIpc) is 3.44. The van der Waals surface area contributed by atoms with E-state index in [4.69, 9.17) is 4.74 Å². The number of unbranched alkanes of at least 4 members (excludes halogenated alkanes) is 49. The summed E-state index contributed by atoms with van der Waals surface area (Å²) in [4.78, 5) is 24.6. The Balaban J connectivity index is 3.42. The fourth-order valence-electron chi connectivity index (χ4n) is 11.0. The van der Waals surface area contributed by atoms with Crippen LogP contribution in [0.25, 0.3) is 0 Å². The lowest BCUT2D eigenvalue weighted by atomic mass is 10.0. The van der Waals surface area contributed by atoms with Crippen LogP contribution in [0.2, 0.25) is 0 Å². The third-order valence-corrected chi connectivity index (χ3v) is 16.4. The molecule has 0 saturated carbocycles. The molecule has 0 aromatic heterocycles. The molecule has 2 unspecified atom stereocenters. The van der Waals surface area contributed by atoms with Crippen LogP contribution in [-0.4, -0.2) is 47.4 Å². The summed E-state index contributed by atoms with van der Waals surface area (Å²) >= 11 is 0. The molecule has 3 N–H and O–H groups in total. The number of esters is 1. The van der Waals surface area contributed by atoms with Gasteiger partial charge in [0.1, 0.15) is 0 Å². The third kappa shape index (κ3) is 63.3. The highest BCUT2D eigenvalue weighted by Gasteiger charge is 2.20. The minimum absolute atomic E-state index is 0.00625. The quantitative estimate of drug-likeness (QED) is 0.0320. The molecule has 1 amide bonds. The van der Waals surface area contributed by atoms with Crippen LogP contribution in [0, 0.1) is 0 Å². The van der Waals surface area contributed by atoms with Crippen LogP contribution in [-0.2, 0) is 14.3 Å². The minimum Gasteiger partial charge on any atom is -0.466 e. The van der Waals surface area contributed by atoms with Gasteiger partial charge in [-0.15, -0.1) is 0 Å². The van der Waals surface area contributed by atoms with Crippen LogP contribution in [0.3, 0.4) is 0 Å². The summed E-state index contributed by atoms with van der Waals surface area (Å²) in [5, 5.41) is 23.4. The Labute approximate surface area is 487 Å². The molecule has 0 fully saturated rings. The van der Waals surface area contributed by atoms with E-state index in [1.54, 1.807) is 0 Å². The van der Waals surface area contributed by atoms with E-state index in [1.165, 1.54) is 302 Å². The highest BCUT2D eigenvalue weighted by atomic mass is 16.5. The highest BCUT2D eigenvalue weighted by Crippen LogP contribution is 2.18. The van der Waals surface area contributed by atoms with Crippen molar-refractivity contribution in [1.29, 1.82) is 0 Å². The number of carbonyl (C=O) groups excluding carboxylic acids is 2. The lowest BCUT2D eigenvalue weighted by molar-refractivity contribution is -0.143. The Morgan fingerprint density at radius 3 is 0.987 bits per heavy atom. The SMILES string of the molecule is CCCCCCCC/C=C\CCCCCCCCCC(=O)OCCCCCCCCCCC/C=C\C/C=C\CCCCCCCCCCCC(=O)NC(CO)C(O)CCCCCCCCCCCCCCCCCCCCC. The standard InChI is InChI=1S/C72H137NO5/c1-3-5-7-9-11-13-15-17-19-21-29-33-36-40-44-48-52-56-60-64-70(75)69(68-74)73-71(76)65-61-57-53-49-45-41-37-34-30-27-25-23-22-24-26-28-31-35-39-43-47-51-55-59-63-67-78-72(77)66-62-58-54-50-46-42-38-32-20-18-16-14-12-10-8-6-4-2/h18,20,23-26,69-70,74-75H,3-17,19,21-22,27-68H2,1-2H3,(H,73,76)/b20-18-,25-23-,26-24-. The van der Waals surface area contributed by atoms with E-state index < -0.39 is 12.1 Å². The molecule has 2 atom stereocenters. The number of aliphatic hydroxyl groups excluding tert-OH is 2. The maximum absolute atomic E-state index is 12.5. The number of amides is 1. The van der Waals surface area contributed by atoms with Crippen molar-refractivity contribution < 1.29 is 24.5 Å². The Bertz CT molecular complexity index is 1260. The molecule has 0 saturated heterocycles. The van der Waals surface area contributed by atoms with Gasteiger partial charge in [-0.1, -0.05) is 326 Å². The summed E-state index contributed by atoms with van der Waals surface area (Å²) in [6.07, 6.45) is 86.1. The van der Waals surface area contributed by atoms with Gasteiger partial charge in [0, 0.05) is 12.8 Å². The van der Waals surface area contributed by atoms with E-state index in [1.807, 2.05) is 0 Å². The molecule has 0 aliphatic rings. The van der Waals surface area contributed by atoms with Crippen LogP contribution in [0.15, 0.2) is 36.5 Å². The summed E-state index contributed by atoms with van der Waals surface area (Å²) in [6, 6.07) is -0.547. The zero-order valence-electron chi connectivity index (χ0n) is 52.7. The summed E-state index contributed by atoms with van der Waals surface area (Å²) in [7, 11) is 0. The van der Waals surface area contributed by atoms with E-state index in [0.29, 0.717) is 25.9 Å². The van der Waals surface area contributed by atoms with Gasteiger partial charge in [0.05, 0.1) is 25.4 Å². The maximum Gasteiger partial charge on any atom is 0.305 e. The highest BCUT2D eigenvalue weighted by molar-refractivity contribution is 5.76. The second-order valence-electron chi connectivity index (χ2n) is 24.2. The third-order valence-electron chi connectivity index (χ3n) is 16.4.